The third-order valence-corrected chi connectivity index (χ3v) is 2.67. The molecular weight excluding hydrogens is 164 g/mol. The van der Waals surface area contributed by atoms with Crippen molar-refractivity contribution in [3.8, 4) is 0 Å². The number of aromatic nitrogens is 2. The van der Waals surface area contributed by atoms with E-state index in [1.165, 1.54) is 0 Å². The molecule has 2 N–H and O–H groups in total. The van der Waals surface area contributed by atoms with Crippen LogP contribution < -0.4 is 0 Å². The highest BCUT2D eigenvalue weighted by Gasteiger charge is 2.43. The van der Waals surface area contributed by atoms with Crippen LogP contribution in [0.4, 0.5) is 0 Å². The molecule has 0 bridgehead atoms. The molecule has 3 rings (SSSR count). The summed E-state index contributed by atoms with van der Waals surface area (Å²) in [6.07, 6.45) is 3.39. The van der Waals surface area contributed by atoms with Crippen LogP contribution >= 0.6 is 0 Å². The number of benzene rings is 1. The Balaban J connectivity index is 2.33. The maximum Gasteiger partial charge on any atom is 0.0943 e. The van der Waals surface area contributed by atoms with Crippen molar-refractivity contribution in [1.29, 1.82) is 0 Å². The van der Waals surface area contributed by atoms with Gasteiger partial charge in [-0.3, -0.25) is 0 Å². The molecule has 1 aliphatic carbocycles. The first-order valence-electron chi connectivity index (χ1n) is 4.45. The van der Waals surface area contributed by atoms with E-state index in [1.54, 1.807) is 6.33 Å². The lowest BCUT2D eigenvalue weighted by Gasteiger charge is -2.07. The van der Waals surface area contributed by atoms with Crippen LogP contribution in [-0.2, 0) is 5.60 Å². The monoisotopic (exact) mass is 174 g/mol. The molecule has 1 aromatic heterocycles. The number of fused-ring (bicyclic) bond motifs is 1. The van der Waals surface area contributed by atoms with Gasteiger partial charge in [-0.2, -0.15) is 0 Å². The summed E-state index contributed by atoms with van der Waals surface area (Å²) >= 11 is 0. The quantitative estimate of drug-likeness (QED) is 0.689. The molecule has 66 valence electrons. The molecule has 1 heterocycles. The van der Waals surface area contributed by atoms with Crippen molar-refractivity contribution in [3.63, 3.8) is 0 Å². The Morgan fingerprint density at radius 3 is 3.00 bits per heavy atom. The van der Waals surface area contributed by atoms with Crippen molar-refractivity contribution in [2.24, 2.45) is 0 Å². The standard InChI is InChI=1S/C10H10N2O/c13-10(4-5-10)7-2-1-3-8-9(7)12-6-11-8/h1-3,6,13H,4-5H2,(H,11,12). The van der Waals surface area contributed by atoms with E-state index in [0.717, 1.165) is 29.4 Å². The van der Waals surface area contributed by atoms with Crippen molar-refractivity contribution in [2.75, 3.05) is 0 Å². The van der Waals surface area contributed by atoms with Gasteiger partial charge in [-0.15, -0.1) is 0 Å². The molecule has 1 saturated carbocycles. The number of nitrogens with one attached hydrogen (secondary N) is 1. The molecule has 0 aliphatic heterocycles. The predicted molar refractivity (Wildman–Crippen MR) is 49.2 cm³/mol. The van der Waals surface area contributed by atoms with E-state index >= 15 is 0 Å². The molecule has 0 spiro atoms. The number of hydrogen-bond donors (Lipinski definition) is 2. The molecule has 3 nitrogen and oxygen atoms in total. The molecule has 0 saturated heterocycles. The highest BCUT2D eigenvalue weighted by atomic mass is 16.3. The van der Waals surface area contributed by atoms with Gasteiger partial charge in [-0.1, -0.05) is 12.1 Å². The molecular formula is C10H10N2O. The molecule has 0 radical (unpaired) electrons. The Labute approximate surface area is 75.4 Å². The highest BCUT2D eigenvalue weighted by molar-refractivity contribution is 5.79. The average molecular weight is 174 g/mol. The first-order chi connectivity index (χ1) is 6.30. The minimum Gasteiger partial charge on any atom is -0.385 e. The van der Waals surface area contributed by atoms with Gasteiger partial charge in [-0.25, -0.2) is 4.98 Å². The molecule has 1 aliphatic rings. The van der Waals surface area contributed by atoms with Crippen LogP contribution in [-0.4, -0.2) is 15.1 Å². The van der Waals surface area contributed by atoms with Crippen LogP contribution in [0.15, 0.2) is 24.5 Å². The second-order valence-electron chi connectivity index (χ2n) is 3.64. The normalized spacial score (nSPS) is 19.2. The Hall–Kier alpha value is -1.35. The van der Waals surface area contributed by atoms with Crippen molar-refractivity contribution >= 4 is 11.0 Å². The van der Waals surface area contributed by atoms with Crippen LogP contribution in [0.5, 0.6) is 0 Å². The van der Waals surface area contributed by atoms with Gasteiger partial charge >= 0.3 is 0 Å². The van der Waals surface area contributed by atoms with Crippen molar-refractivity contribution < 1.29 is 5.11 Å². The Morgan fingerprint density at radius 1 is 1.38 bits per heavy atom. The number of rotatable bonds is 1. The maximum atomic E-state index is 9.96. The number of hydrogen-bond acceptors (Lipinski definition) is 2. The van der Waals surface area contributed by atoms with Gasteiger partial charge in [0.2, 0.25) is 0 Å². The fourth-order valence-corrected chi connectivity index (χ4v) is 1.73. The zero-order valence-corrected chi connectivity index (χ0v) is 7.12. The maximum absolute atomic E-state index is 9.96. The van der Waals surface area contributed by atoms with E-state index in [0.29, 0.717) is 0 Å². The molecule has 0 atom stereocenters. The van der Waals surface area contributed by atoms with Crippen LogP contribution in [0, 0.1) is 0 Å². The lowest BCUT2D eigenvalue weighted by molar-refractivity contribution is 0.153. The molecule has 1 aromatic carbocycles. The Bertz CT molecular complexity index is 457. The first-order valence-corrected chi connectivity index (χ1v) is 4.45. The topological polar surface area (TPSA) is 48.9 Å². The summed E-state index contributed by atoms with van der Waals surface area (Å²) < 4.78 is 0. The molecule has 3 heteroatoms. The zero-order chi connectivity index (χ0) is 8.89. The SMILES string of the molecule is OC1(c2cccc3[nH]cnc23)CC1. The van der Waals surface area contributed by atoms with E-state index in [-0.39, 0.29) is 0 Å². The smallest absolute Gasteiger partial charge is 0.0943 e. The third kappa shape index (κ3) is 0.906. The van der Waals surface area contributed by atoms with Crippen LogP contribution in [0.25, 0.3) is 11.0 Å². The van der Waals surface area contributed by atoms with Gasteiger partial charge in [0, 0.05) is 5.56 Å². The van der Waals surface area contributed by atoms with Gasteiger partial charge in [0.25, 0.3) is 0 Å². The number of imidazole rings is 1. The summed E-state index contributed by atoms with van der Waals surface area (Å²) in [5.41, 5.74) is 2.28. The van der Waals surface area contributed by atoms with E-state index in [1.807, 2.05) is 18.2 Å². The summed E-state index contributed by atoms with van der Waals surface area (Å²) in [7, 11) is 0. The van der Waals surface area contributed by atoms with Crippen molar-refractivity contribution in [3.05, 3.63) is 30.1 Å². The van der Waals surface area contributed by atoms with Crippen LogP contribution in [0.3, 0.4) is 0 Å². The Kier molecular flexibility index (Phi) is 1.15. The molecule has 2 aromatic rings. The first kappa shape index (κ1) is 7.09. The highest BCUT2D eigenvalue weighted by Crippen LogP contribution is 2.46. The fourth-order valence-electron chi connectivity index (χ4n) is 1.73. The number of para-hydroxylation sites is 1. The summed E-state index contributed by atoms with van der Waals surface area (Å²) in [4.78, 5) is 7.25. The molecule has 1 fully saturated rings. The largest absolute Gasteiger partial charge is 0.385 e. The van der Waals surface area contributed by atoms with Crippen molar-refractivity contribution in [1.82, 2.24) is 9.97 Å². The fraction of sp³-hybridized carbons (Fsp3) is 0.300. The zero-order valence-electron chi connectivity index (χ0n) is 7.12. The molecule has 13 heavy (non-hydrogen) atoms. The number of nitrogens with zero attached hydrogens (tertiary/aromatic N) is 1. The van der Waals surface area contributed by atoms with E-state index in [9.17, 15) is 5.11 Å². The summed E-state index contributed by atoms with van der Waals surface area (Å²) in [5.74, 6) is 0. The minimum absolute atomic E-state index is 0.589. The third-order valence-electron chi connectivity index (χ3n) is 2.67. The molecule has 0 amide bonds. The lowest BCUT2D eigenvalue weighted by atomic mass is 10.1. The van der Waals surface area contributed by atoms with E-state index < -0.39 is 5.60 Å². The van der Waals surface area contributed by atoms with E-state index in [4.69, 9.17) is 0 Å². The minimum atomic E-state index is -0.589. The number of aromatic amines is 1. The van der Waals surface area contributed by atoms with Gasteiger partial charge in [0.05, 0.1) is 23.0 Å². The molecule has 0 unspecified atom stereocenters. The van der Waals surface area contributed by atoms with Crippen LogP contribution in [0.2, 0.25) is 0 Å². The van der Waals surface area contributed by atoms with Gasteiger partial charge in [-0.05, 0) is 18.9 Å². The van der Waals surface area contributed by atoms with Gasteiger partial charge in [0.15, 0.2) is 0 Å². The van der Waals surface area contributed by atoms with Crippen LogP contribution in [0.1, 0.15) is 18.4 Å². The average Bonchev–Trinajstić information content (AvgIpc) is 2.72. The second kappa shape index (κ2) is 2.12. The van der Waals surface area contributed by atoms with E-state index in [2.05, 4.69) is 9.97 Å². The van der Waals surface area contributed by atoms with Gasteiger partial charge < -0.3 is 10.1 Å². The second-order valence-corrected chi connectivity index (χ2v) is 3.64. The summed E-state index contributed by atoms with van der Waals surface area (Å²) in [6, 6.07) is 5.87. The van der Waals surface area contributed by atoms with Crippen molar-refractivity contribution in [2.45, 2.75) is 18.4 Å². The van der Waals surface area contributed by atoms with Gasteiger partial charge in [0.1, 0.15) is 0 Å². The number of aliphatic hydroxyl groups is 1. The number of H-pyrrole nitrogens is 1. The Morgan fingerprint density at radius 2 is 2.23 bits per heavy atom. The summed E-state index contributed by atoms with van der Waals surface area (Å²) in [5, 5.41) is 9.96. The predicted octanol–water partition coefficient (Wildman–Crippen LogP) is 1.54. The lowest BCUT2D eigenvalue weighted by Crippen LogP contribution is -2.04. The summed E-state index contributed by atoms with van der Waals surface area (Å²) in [6.45, 7) is 0.